The second-order valence-electron chi connectivity index (χ2n) is 9.04. The van der Waals surface area contributed by atoms with Crippen molar-refractivity contribution in [3.05, 3.63) is 54.5 Å². The van der Waals surface area contributed by atoms with Crippen LogP contribution in [-0.4, -0.2) is 82.8 Å². The van der Waals surface area contributed by atoms with Crippen LogP contribution in [0.5, 0.6) is 0 Å². The first-order chi connectivity index (χ1) is 16.9. The molecule has 1 N–H and O–H groups in total. The zero-order valence-electron chi connectivity index (χ0n) is 19.8. The second-order valence-corrected chi connectivity index (χ2v) is 10.9. The molecule has 35 heavy (non-hydrogen) atoms. The molecule has 1 aliphatic heterocycles. The molecule has 10 nitrogen and oxygen atoms in total. The van der Waals surface area contributed by atoms with Gasteiger partial charge in [-0.2, -0.15) is 17.0 Å². The van der Waals surface area contributed by atoms with E-state index in [4.69, 9.17) is 4.74 Å². The molecular formula is C24H30N6O4S. The van der Waals surface area contributed by atoms with Crippen LogP contribution in [0.1, 0.15) is 25.3 Å². The molecule has 1 spiro atoms. The Hall–Kier alpha value is -3.02. The van der Waals surface area contributed by atoms with Crippen LogP contribution >= 0.6 is 0 Å². The van der Waals surface area contributed by atoms with Gasteiger partial charge in [-0.1, -0.05) is 30.3 Å². The van der Waals surface area contributed by atoms with E-state index in [1.54, 1.807) is 11.2 Å². The van der Waals surface area contributed by atoms with Gasteiger partial charge in [0.05, 0.1) is 17.5 Å². The van der Waals surface area contributed by atoms with Gasteiger partial charge in [0.2, 0.25) is 0 Å². The standard InChI is InChI=1S/C24H30N6O4S/c1-2-34-21(31)16-29(13-9-19-6-4-3-5-7-19)35(32,33)30-15-14-28(17-24(30)10-11-24)23-20-8-12-25-22(20)26-18-27-23/h3-8,12,18H,2,9-11,13-17H2,1H3,(H,25,26,27). The molecule has 1 aliphatic carbocycles. The van der Waals surface area contributed by atoms with Gasteiger partial charge in [0.1, 0.15) is 24.3 Å². The summed E-state index contributed by atoms with van der Waals surface area (Å²) in [4.78, 5) is 26.3. The van der Waals surface area contributed by atoms with Crippen molar-refractivity contribution in [1.82, 2.24) is 23.6 Å². The summed E-state index contributed by atoms with van der Waals surface area (Å²) in [6.07, 6.45) is 5.42. The number of hydrogen-bond acceptors (Lipinski definition) is 7. The van der Waals surface area contributed by atoms with Crippen molar-refractivity contribution in [2.75, 3.05) is 44.2 Å². The summed E-state index contributed by atoms with van der Waals surface area (Å²) < 4.78 is 35.8. The first-order valence-electron chi connectivity index (χ1n) is 11.9. The van der Waals surface area contributed by atoms with Crippen LogP contribution in [0.3, 0.4) is 0 Å². The zero-order chi connectivity index (χ0) is 24.5. The van der Waals surface area contributed by atoms with Gasteiger partial charge >= 0.3 is 5.97 Å². The zero-order valence-corrected chi connectivity index (χ0v) is 20.6. The molecule has 0 amide bonds. The van der Waals surface area contributed by atoms with Crippen LogP contribution in [0.15, 0.2) is 48.9 Å². The summed E-state index contributed by atoms with van der Waals surface area (Å²) in [7, 11) is -3.89. The van der Waals surface area contributed by atoms with E-state index in [0.29, 0.717) is 26.1 Å². The summed E-state index contributed by atoms with van der Waals surface area (Å²) in [6, 6.07) is 11.6. The minimum Gasteiger partial charge on any atom is -0.465 e. The van der Waals surface area contributed by atoms with Crippen molar-refractivity contribution >= 4 is 33.0 Å². The minimum absolute atomic E-state index is 0.206. The van der Waals surface area contributed by atoms with Gasteiger partial charge in [0.25, 0.3) is 10.2 Å². The highest BCUT2D eigenvalue weighted by Gasteiger charge is 2.57. The Labute approximate surface area is 205 Å². The van der Waals surface area contributed by atoms with Crippen LogP contribution in [0.2, 0.25) is 0 Å². The molecule has 2 fully saturated rings. The summed E-state index contributed by atoms with van der Waals surface area (Å²) >= 11 is 0. The van der Waals surface area contributed by atoms with Crippen molar-refractivity contribution in [2.24, 2.45) is 0 Å². The van der Waals surface area contributed by atoms with Gasteiger partial charge in [-0.05, 0) is 37.8 Å². The number of carbonyl (C=O) groups excluding carboxylic acids is 1. The maximum absolute atomic E-state index is 13.9. The first-order valence-corrected chi connectivity index (χ1v) is 13.3. The molecule has 1 aromatic carbocycles. The molecule has 186 valence electrons. The lowest BCUT2D eigenvalue weighted by Crippen LogP contribution is -2.60. The molecule has 0 bridgehead atoms. The number of benzene rings is 1. The Morgan fingerprint density at radius 2 is 1.97 bits per heavy atom. The van der Waals surface area contributed by atoms with E-state index >= 15 is 0 Å². The number of rotatable bonds is 9. The number of aromatic nitrogens is 3. The third-order valence-electron chi connectivity index (χ3n) is 6.76. The molecule has 2 aromatic heterocycles. The maximum atomic E-state index is 13.9. The van der Waals surface area contributed by atoms with Crippen LogP contribution < -0.4 is 4.90 Å². The molecule has 1 saturated carbocycles. The van der Waals surface area contributed by atoms with Crippen LogP contribution in [0.25, 0.3) is 11.0 Å². The molecule has 2 aliphatic rings. The molecule has 1 saturated heterocycles. The smallest absolute Gasteiger partial charge is 0.321 e. The molecule has 0 unspecified atom stereocenters. The maximum Gasteiger partial charge on any atom is 0.321 e. The average molecular weight is 499 g/mol. The van der Waals surface area contributed by atoms with Crippen LogP contribution in [0.4, 0.5) is 5.82 Å². The fourth-order valence-electron chi connectivity index (χ4n) is 4.83. The Balaban J connectivity index is 1.37. The van der Waals surface area contributed by atoms with E-state index in [-0.39, 0.29) is 19.7 Å². The second kappa shape index (κ2) is 9.56. The minimum atomic E-state index is -3.89. The predicted octanol–water partition coefficient (Wildman–Crippen LogP) is 1.97. The Bertz CT molecular complexity index is 1290. The lowest BCUT2D eigenvalue weighted by atomic mass is 10.1. The van der Waals surface area contributed by atoms with Crippen molar-refractivity contribution in [1.29, 1.82) is 0 Å². The summed E-state index contributed by atoms with van der Waals surface area (Å²) in [6.45, 7) is 3.21. The van der Waals surface area contributed by atoms with Gasteiger partial charge in [0.15, 0.2) is 0 Å². The van der Waals surface area contributed by atoms with E-state index in [0.717, 1.165) is 35.3 Å². The van der Waals surface area contributed by atoms with Gasteiger partial charge in [-0.25, -0.2) is 9.97 Å². The van der Waals surface area contributed by atoms with Gasteiger partial charge < -0.3 is 14.6 Å². The van der Waals surface area contributed by atoms with Crippen LogP contribution in [0, 0.1) is 0 Å². The van der Waals surface area contributed by atoms with E-state index in [1.807, 2.05) is 42.6 Å². The van der Waals surface area contributed by atoms with Crippen molar-refractivity contribution in [2.45, 2.75) is 31.7 Å². The molecule has 3 heterocycles. The highest BCUT2D eigenvalue weighted by Crippen LogP contribution is 2.47. The third kappa shape index (κ3) is 4.75. The molecular weight excluding hydrogens is 468 g/mol. The van der Waals surface area contributed by atoms with Crippen molar-refractivity contribution in [3.63, 3.8) is 0 Å². The number of hydrogen-bond donors (Lipinski definition) is 1. The quantitative estimate of drug-likeness (QED) is 0.449. The topological polar surface area (TPSA) is 112 Å². The van der Waals surface area contributed by atoms with E-state index < -0.39 is 21.7 Å². The number of piperazine rings is 1. The number of fused-ring (bicyclic) bond motifs is 1. The molecule has 0 atom stereocenters. The SMILES string of the molecule is CCOC(=O)CN(CCc1ccccc1)S(=O)(=O)N1CCN(c2ncnc3[nH]ccc23)CC12CC2. The fraction of sp³-hybridized carbons (Fsp3) is 0.458. The number of carbonyl (C=O) groups is 1. The lowest BCUT2D eigenvalue weighted by Gasteiger charge is -2.43. The normalized spacial score (nSPS) is 17.8. The van der Waals surface area contributed by atoms with E-state index in [2.05, 4.69) is 19.9 Å². The number of aromatic amines is 1. The largest absolute Gasteiger partial charge is 0.465 e. The molecule has 11 heteroatoms. The monoisotopic (exact) mass is 498 g/mol. The summed E-state index contributed by atoms with van der Waals surface area (Å²) in [5.41, 5.74) is 1.28. The number of anilines is 1. The number of esters is 1. The van der Waals surface area contributed by atoms with Crippen molar-refractivity contribution in [3.8, 4) is 0 Å². The Morgan fingerprint density at radius 1 is 1.17 bits per heavy atom. The van der Waals surface area contributed by atoms with Gasteiger partial charge in [0, 0.05) is 32.4 Å². The molecule has 3 aromatic rings. The predicted molar refractivity (Wildman–Crippen MR) is 132 cm³/mol. The number of nitrogens with one attached hydrogen (secondary N) is 1. The Kier molecular flexibility index (Phi) is 6.47. The van der Waals surface area contributed by atoms with Crippen LogP contribution in [-0.2, 0) is 26.2 Å². The van der Waals surface area contributed by atoms with Gasteiger partial charge in [-0.3, -0.25) is 4.79 Å². The lowest BCUT2D eigenvalue weighted by molar-refractivity contribution is -0.143. The first kappa shape index (κ1) is 23.7. The fourth-order valence-corrected chi connectivity index (χ4v) is 6.74. The van der Waals surface area contributed by atoms with E-state index in [1.165, 1.54) is 10.6 Å². The highest BCUT2D eigenvalue weighted by molar-refractivity contribution is 7.86. The molecule has 5 rings (SSSR count). The van der Waals surface area contributed by atoms with Crippen molar-refractivity contribution < 1.29 is 17.9 Å². The molecule has 0 radical (unpaired) electrons. The third-order valence-corrected chi connectivity index (χ3v) is 8.85. The average Bonchev–Trinajstić information content (AvgIpc) is 3.42. The number of H-pyrrole nitrogens is 1. The van der Waals surface area contributed by atoms with E-state index in [9.17, 15) is 13.2 Å². The highest BCUT2D eigenvalue weighted by atomic mass is 32.2. The summed E-state index contributed by atoms with van der Waals surface area (Å²) in [5.74, 6) is 0.274. The summed E-state index contributed by atoms with van der Waals surface area (Å²) in [5, 5.41) is 0.923. The van der Waals surface area contributed by atoms with Gasteiger partial charge in [-0.15, -0.1) is 0 Å². The number of ether oxygens (including phenoxy) is 1. The Morgan fingerprint density at radius 3 is 2.71 bits per heavy atom. The number of nitrogens with zero attached hydrogens (tertiary/aromatic N) is 5.